The minimum atomic E-state index is 0.757. The van der Waals surface area contributed by atoms with Gasteiger partial charge in [0, 0.05) is 0 Å². The van der Waals surface area contributed by atoms with E-state index in [0.29, 0.717) is 0 Å². The predicted molar refractivity (Wildman–Crippen MR) is 90.8 cm³/mol. The van der Waals surface area contributed by atoms with Gasteiger partial charge in [-0.25, -0.2) is 0 Å². The second-order valence-corrected chi connectivity index (χ2v) is 7.61. The number of nitrogens with one attached hydrogen (secondary N) is 1. The summed E-state index contributed by atoms with van der Waals surface area (Å²) >= 11 is 0. The zero-order valence-electron chi connectivity index (χ0n) is 13.8. The van der Waals surface area contributed by atoms with E-state index in [1.807, 2.05) is 0 Å². The fourth-order valence-electron chi connectivity index (χ4n) is 4.19. The lowest BCUT2D eigenvalue weighted by Gasteiger charge is -2.31. The average Bonchev–Trinajstić information content (AvgIpc) is 2.85. The Morgan fingerprint density at radius 1 is 1.00 bits per heavy atom. The van der Waals surface area contributed by atoms with Gasteiger partial charge in [0.1, 0.15) is 0 Å². The summed E-state index contributed by atoms with van der Waals surface area (Å²) in [6, 6.07) is 9.35. The molecule has 2 aliphatic rings. The van der Waals surface area contributed by atoms with E-state index in [1.54, 1.807) is 11.1 Å². The lowest BCUT2D eigenvalue weighted by Crippen LogP contribution is -2.28. The summed E-state index contributed by atoms with van der Waals surface area (Å²) in [4.78, 5) is 0. The highest BCUT2D eigenvalue weighted by atomic mass is 14.9. The van der Waals surface area contributed by atoms with Gasteiger partial charge in [-0.05, 0) is 73.6 Å². The highest BCUT2D eigenvalue weighted by Gasteiger charge is 2.32. The van der Waals surface area contributed by atoms with E-state index < -0.39 is 0 Å². The predicted octanol–water partition coefficient (Wildman–Crippen LogP) is 5.08. The van der Waals surface area contributed by atoms with Gasteiger partial charge in [0.05, 0.1) is 0 Å². The summed E-state index contributed by atoms with van der Waals surface area (Å²) in [5.74, 6) is 3.28. The fraction of sp³-hybridized carbons (Fsp3) is 0.700. The molecule has 1 N–H and O–H groups in total. The molecule has 1 aromatic carbocycles. The van der Waals surface area contributed by atoms with Crippen LogP contribution in [0.4, 0.5) is 0 Å². The molecule has 2 unspecified atom stereocenters. The first-order valence-corrected chi connectivity index (χ1v) is 9.05. The zero-order valence-corrected chi connectivity index (χ0v) is 13.8. The molecule has 21 heavy (non-hydrogen) atoms. The largest absolute Gasteiger partial charge is 0.316 e. The SMILES string of the molecule is CC(C)CNCC1CCCC1c1ccccc1C1CCC1. The van der Waals surface area contributed by atoms with Gasteiger partial charge in [0.25, 0.3) is 0 Å². The summed E-state index contributed by atoms with van der Waals surface area (Å²) in [5, 5.41) is 3.70. The normalized spacial score (nSPS) is 26.2. The minimum absolute atomic E-state index is 0.757. The van der Waals surface area contributed by atoms with Crippen molar-refractivity contribution in [3.63, 3.8) is 0 Å². The molecular formula is C20H31N. The molecular weight excluding hydrogens is 254 g/mol. The Bertz CT molecular complexity index is 447. The molecule has 3 rings (SSSR count). The van der Waals surface area contributed by atoms with E-state index >= 15 is 0 Å². The number of hydrogen-bond acceptors (Lipinski definition) is 1. The number of benzene rings is 1. The van der Waals surface area contributed by atoms with Crippen molar-refractivity contribution in [3.8, 4) is 0 Å². The maximum atomic E-state index is 3.70. The highest BCUT2D eigenvalue weighted by molar-refractivity contribution is 5.35. The molecule has 0 aliphatic heterocycles. The summed E-state index contributed by atoms with van der Waals surface area (Å²) in [7, 11) is 0. The Balaban J connectivity index is 1.69. The topological polar surface area (TPSA) is 12.0 Å². The fourth-order valence-corrected chi connectivity index (χ4v) is 4.19. The van der Waals surface area contributed by atoms with Crippen molar-refractivity contribution in [2.24, 2.45) is 11.8 Å². The van der Waals surface area contributed by atoms with Gasteiger partial charge in [-0.1, -0.05) is 51.0 Å². The van der Waals surface area contributed by atoms with Gasteiger partial charge >= 0.3 is 0 Å². The Morgan fingerprint density at radius 3 is 2.38 bits per heavy atom. The van der Waals surface area contributed by atoms with Gasteiger partial charge in [-0.15, -0.1) is 0 Å². The average molecular weight is 285 g/mol. The smallest absolute Gasteiger partial charge is 0.00146 e. The molecule has 2 aliphatic carbocycles. The second kappa shape index (κ2) is 6.96. The summed E-state index contributed by atoms with van der Waals surface area (Å²) in [5.41, 5.74) is 3.38. The molecule has 0 radical (unpaired) electrons. The van der Waals surface area contributed by atoms with Crippen LogP contribution in [0.25, 0.3) is 0 Å². The van der Waals surface area contributed by atoms with Crippen LogP contribution in [0.15, 0.2) is 24.3 Å². The van der Waals surface area contributed by atoms with Crippen LogP contribution in [0, 0.1) is 11.8 Å². The summed E-state index contributed by atoms with van der Waals surface area (Å²) < 4.78 is 0. The van der Waals surface area contributed by atoms with E-state index in [-0.39, 0.29) is 0 Å². The van der Waals surface area contributed by atoms with Crippen molar-refractivity contribution in [2.75, 3.05) is 13.1 Å². The molecule has 1 nitrogen and oxygen atoms in total. The van der Waals surface area contributed by atoms with Crippen LogP contribution in [0.2, 0.25) is 0 Å². The van der Waals surface area contributed by atoms with Crippen LogP contribution in [0.5, 0.6) is 0 Å². The quantitative estimate of drug-likeness (QED) is 0.768. The van der Waals surface area contributed by atoms with E-state index in [0.717, 1.165) is 30.2 Å². The summed E-state index contributed by atoms with van der Waals surface area (Å²) in [6.07, 6.45) is 8.49. The van der Waals surface area contributed by atoms with Gasteiger partial charge in [0.2, 0.25) is 0 Å². The number of rotatable bonds is 6. The van der Waals surface area contributed by atoms with Crippen LogP contribution in [0.3, 0.4) is 0 Å². The van der Waals surface area contributed by atoms with Crippen LogP contribution >= 0.6 is 0 Å². The second-order valence-electron chi connectivity index (χ2n) is 7.61. The third-order valence-electron chi connectivity index (χ3n) is 5.56. The molecule has 0 amide bonds. The molecule has 2 saturated carbocycles. The standard InChI is InChI=1S/C20H31N/c1-15(2)13-21-14-17-9-6-12-19(17)20-11-4-3-10-18(20)16-7-5-8-16/h3-4,10-11,15-17,19,21H,5-9,12-14H2,1-2H3. The first-order valence-electron chi connectivity index (χ1n) is 9.05. The van der Waals surface area contributed by atoms with Crippen molar-refractivity contribution < 1.29 is 0 Å². The maximum Gasteiger partial charge on any atom is -0.00146 e. The minimum Gasteiger partial charge on any atom is -0.316 e. The lowest BCUT2D eigenvalue weighted by molar-refractivity contribution is 0.399. The van der Waals surface area contributed by atoms with Gasteiger partial charge in [0.15, 0.2) is 0 Å². The molecule has 0 saturated heterocycles. The molecule has 2 fully saturated rings. The van der Waals surface area contributed by atoms with Gasteiger partial charge in [-0.2, -0.15) is 0 Å². The van der Waals surface area contributed by atoms with E-state index in [9.17, 15) is 0 Å². The van der Waals surface area contributed by atoms with E-state index in [2.05, 4.69) is 43.4 Å². The zero-order chi connectivity index (χ0) is 14.7. The Morgan fingerprint density at radius 2 is 1.71 bits per heavy atom. The molecule has 0 bridgehead atoms. The highest BCUT2D eigenvalue weighted by Crippen LogP contribution is 2.45. The molecule has 0 spiro atoms. The van der Waals surface area contributed by atoms with E-state index in [4.69, 9.17) is 0 Å². The van der Waals surface area contributed by atoms with Crippen molar-refractivity contribution in [1.82, 2.24) is 5.32 Å². The molecule has 116 valence electrons. The van der Waals surface area contributed by atoms with Gasteiger partial charge in [-0.3, -0.25) is 0 Å². The number of hydrogen-bond donors (Lipinski definition) is 1. The van der Waals surface area contributed by atoms with Crippen molar-refractivity contribution in [2.45, 2.75) is 64.2 Å². The molecule has 0 heterocycles. The van der Waals surface area contributed by atoms with Gasteiger partial charge < -0.3 is 5.32 Å². The maximum absolute atomic E-state index is 3.70. The first kappa shape index (κ1) is 15.1. The van der Waals surface area contributed by atoms with Crippen LogP contribution < -0.4 is 5.32 Å². The Labute approximate surface area is 130 Å². The third-order valence-corrected chi connectivity index (χ3v) is 5.56. The Kier molecular flexibility index (Phi) is 5.00. The van der Waals surface area contributed by atoms with Crippen LogP contribution in [0.1, 0.15) is 75.3 Å². The monoisotopic (exact) mass is 285 g/mol. The van der Waals surface area contributed by atoms with Crippen LogP contribution in [-0.4, -0.2) is 13.1 Å². The van der Waals surface area contributed by atoms with Crippen molar-refractivity contribution in [3.05, 3.63) is 35.4 Å². The van der Waals surface area contributed by atoms with E-state index in [1.165, 1.54) is 45.1 Å². The molecule has 1 aromatic rings. The Hall–Kier alpha value is -0.820. The molecule has 1 heteroatoms. The molecule has 2 atom stereocenters. The van der Waals surface area contributed by atoms with Crippen molar-refractivity contribution in [1.29, 1.82) is 0 Å². The molecule has 0 aromatic heterocycles. The third kappa shape index (κ3) is 3.51. The lowest BCUT2D eigenvalue weighted by atomic mass is 9.74. The first-order chi connectivity index (χ1) is 10.3. The van der Waals surface area contributed by atoms with Crippen molar-refractivity contribution >= 4 is 0 Å². The van der Waals surface area contributed by atoms with Crippen LogP contribution in [-0.2, 0) is 0 Å². The summed E-state index contributed by atoms with van der Waals surface area (Å²) in [6.45, 7) is 6.96.